The third kappa shape index (κ3) is 29.1. The van der Waals surface area contributed by atoms with Gasteiger partial charge < -0.3 is 47.0 Å². The van der Waals surface area contributed by atoms with Gasteiger partial charge in [-0.3, -0.25) is 48.1 Å². The largest absolute Gasteiger partial charge is 0.550 e. The summed E-state index contributed by atoms with van der Waals surface area (Å²) in [7, 11) is 0. The zero-order valence-corrected chi connectivity index (χ0v) is 60.9. The summed E-state index contributed by atoms with van der Waals surface area (Å²) in [5, 5.41) is 35.3. The number of unbranched alkanes of at least 4 members (excludes halogenated alkanes) is 6. The van der Waals surface area contributed by atoms with Crippen LogP contribution < -0.4 is 32.1 Å². The molecule has 10 atom stereocenters. The van der Waals surface area contributed by atoms with Gasteiger partial charge >= 0.3 is 0 Å². The number of Topliss-reactive ketones (excluding diaryl/α,β-unsaturated/α-hetero) is 5. The predicted octanol–water partition coefficient (Wildman–Crippen LogP) is 11.1. The number of aromatic nitrogens is 1. The number of aliphatic imine (C=N–C) groups is 1. The molecule has 1 heterocycles. The molecule has 20 heteroatoms. The first-order chi connectivity index (χ1) is 46.8. The first kappa shape index (κ1) is 82.9. The third-order valence-corrected chi connectivity index (χ3v) is 19.4. The minimum atomic E-state index is -1.31. The first-order valence-corrected chi connectivity index (χ1v) is 37.4. The molecule has 0 aliphatic carbocycles. The van der Waals surface area contributed by atoms with Gasteiger partial charge in [-0.15, -0.1) is 0 Å². The van der Waals surface area contributed by atoms with Crippen molar-refractivity contribution in [2.45, 2.75) is 234 Å². The number of thioether (sulfide) groups is 1. The Morgan fingerprint density at radius 1 is 0.520 bits per heavy atom. The summed E-state index contributed by atoms with van der Waals surface area (Å²) in [5.74, 6) is -10.6. The normalized spacial score (nSPS) is 14.8. The first-order valence-electron chi connectivity index (χ1n) is 36.0. The van der Waals surface area contributed by atoms with E-state index in [1.807, 2.05) is 81.6 Å². The summed E-state index contributed by atoms with van der Waals surface area (Å²) in [4.78, 5) is 152. The monoisotopic (exact) mass is 1370 g/mol. The minimum absolute atomic E-state index is 0.00571. The fourth-order valence-electron chi connectivity index (χ4n) is 12.6. The van der Waals surface area contributed by atoms with Crippen LogP contribution in [0.1, 0.15) is 207 Å². The number of amidine groups is 1. The van der Waals surface area contributed by atoms with Crippen molar-refractivity contribution in [1.82, 2.24) is 26.3 Å². The number of fused-ring (bicyclic) bond motifs is 1. The van der Waals surface area contributed by atoms with E-state index in [2.05, 4.69) is 38.2 Å². The minimum Gasteiger partial charge on any atom is -0.550 e. The number of phenolic OH excluding ortho intramolecular Hbond substituents is 1. The molecule has 0 spiro atoms. The number of carbonyl (C=O) groups is 10. The van der Waals surface area contributed by atoms with Crippen molar-refractivity contribution < 1.29 is 58.2 Å². The third-order valence-electron chi connectivity index (χ3n) is 18.8. The number of H-pyrrole nitrogens is 1. The van der Waals surface area contributed by atoms with E-state index in [4.69, 9.17) is 5.73 Å². The number of carboxylic acids is 1. The van der Waals surface area contributed by atoms with E-state index in [1.54, 1.807) is 52.9 Å². The predicted molar refractivity (Wildman–Crippen MR) is 388 cm³/mol. The summed E-state index contributed by atoms with van der Waals surface area (Å²) in [6.45, 7) is 17.1. The lowest BCUT2D eigenvalue weighted by Gasteiger charge is -2.29. The van der Waals surface area contributed by atoms with Crippen molar-refractivity contribution in [1.29, 1.82) is 0 Å². The van der Waals surface area contributed by atoms with Crippen molar-refractivity contribution in [3.05, 3.63) is 102 Å². The van der Waals surface area contributed by atoms with Crippen LogP contribution in [-0.4, -0.2) is 117 Å². The van der Waals surface area contributed by atoms with E-state index < -0.39 is 118 Å². The Bertz CT molecular complexity index is 3200. The van der Waals surface area contributed by atoms with Gasteiger partial charge in [0.15, 0.2) is 23.1 Å². The second kappa shape index (κ2) is 44.5. The van der Waals surface area contributed by atoms with Gasteiger partial charge in [0.1, 0.15) is 11.5 Å². The van der Waals surface area contributed by atoms with Crippen LogP contribution in [0, 0.1) is 47.3 Å². The number of rotatable bonds is 51. The molecule has 0 saturated heterocycles. The van der Waals surface area contributed by atoms with Crippen LogP contribution in [0.4, 0.5) is 0 Å². The number of nitrogens with two attached hydrogens (primary N) is 1. The van der Waals surface area contributed by atoms with Crippen LogP contribution in [-0.2, 0) is 67.2 Å². The Morgan fingerprint density at radius 2 is 1.03 bits per heavy atom. The Labute approximate surface area is 586 Å². The van der Waals surface area contributed by atoms with Crippen LogP contribution in [0.15, 0.2) is 90.1 Å². The highest BCUT2D eigenvalue weighted by Gasteiger charge is 2.38. The molecule has 8 N–H and O–H groups in total. The quantitative estimate of drug-likeness (QED) is 0.0123. The molecular formula is C78H114N7O12S-. The highest BCUT2D eigenvalue weighted by Crippen LogP contribution is 2.28. The molecule has 0 bridgehead atoms. The number of carbonyl (C=O) groups excluding carboxylic acids is 10. The number of carboxylic acid groups (broad SMARTS) is 1. The summed E-state index contributed by atoms with van der Waals surface area (Å²) in [6, 6.07) is 18.5. The molecule has 4 amide bonds. The molecule has 0 aliphatic rings. The molecule has 1 aromatic heterocycles. The number of amides is 4. The second-order valence-electron chi connectivity index (χ2n) is 27.7. The van der Waals surface area contributed by atoms with Crippen molar-refractivity contribution in [2.75, 3.05) is 18.6 Å². The van der Waals surface area contributed by atoms with Gasteiger partial charge in [-0.25, -0.2) is 0 Å². The summed E-state index contributed by atoms with van der Waals surface area (Å²) >= 11 is 1.46. The van der Waals surface area contributed by atoms with Crippen molar-refractivity contribution in [2.24, 2.45) is 58.1 Å². The number of aromatic hydroxyl groups is 1. The zero-order chi connectivity index (χ0) is 72.3. The van der Waals surface area contributed by atoms with Crippen molar-refractivity contribution in [3.63, 3.8) is 0 Å². The zero-order valence-electron chi connectivity index (χ0n) is 60.1. The van der Waals surface area contributed by atoms with Gasteiger partial charge in [0.25, 0.3) is 0 Å². The average Bonchev–Trinajstić information content (AvgIpc) is 1.58. The van der Waals surface area contributed by atoms with Crippen molar-refractivity contribution in [3.8, 4) is 5.75 Å². The van der Waals surface area contributed by atoms with E-state index in [-0.39, 0.29) is 88.1 Å². The fraction of sp³-hybridized carbons (Fsp3) is 0.603. The van der Waals surface area contributed by atoms with Crippen molar-refractivity contribution >= 4 is 87.0 Å². The number of ketones is 5. The molecule has 4 rings (SSSR count). The lowest BCUT2D eigenvalue weighted by Crippen LogP contribution is -2.51. The van der Waals surface area contributed by atoms with Gasteiger partial charge in [-0.2, -0.15) is 11.8 Å². The standard InChI is InChI=1S/C78H115N7O12S/c1-11-14-18-26-52(8)68(87)44-56(30-25-39-80-53(9)79)74(92)84-67(42-54-27-21-17-22-28-54)71(90)46-58(41-55-34-36-61(86)37-35-55)76(94)85-73(51(6)7)72(91)48-63(50(4)5)77(95)83-66(38-40-98-10)70(89)47-59(43-60-49-81-64-32-24-23-31-62(60)64)75(93)82-65(33-20-16-13-3)69(88)45-57(78(96)97)29-19-15-12-2/h17,21-24,27-28,31-32,34-37,49-52,56-59,63,65-67,73,81,86H,11-16,18-20,25-26,29-30,33,38-48H2,1-10H3,(H2,79,80)(H,82,93)(H,83,95)(H,84,92)(H,85,94)(H,96,97)/p-1/t52-,56+,57-,58+,59+,63-,65-,66-,67-,73-/m0/s1. The van der Waals surface area contributed by atoms with E-state index in [0.29, 0.717) is 55.8 Å². The fourth-order valence-corrected chi connectivity index (χ4v) is 13.1. The molecule has 0 aliphatic heterocycles. The molecule has 0 radical (unpaired) electrons. The van der Waals surface area contributed by atoms with Gasteiger partial charge in [0, 0.05) is 97.2 Å². The maximum atomic E-state index is 15.0. The lowest BCUT2D eigenvalue weighted by molar-refractivity contribution is -0.312. The van der Waals surface area contributed by atoms with Crippen LogP contribution in [0.2, 0.25) is 0 Å². The van der Waals surface area contributed by atoms with Crippen LogP contribution in [0.3, 0.4) is 0 Å². The Hall–Kier alpha value is -7.48. The highest BCUT2D eigenvalue weighted by molar-refractivity contribution is 7.98. The molecule has 4 aromatic rings. The van der Waals surface area contributed by atoms with E-state index in [0.717, 1.165) is 67.0 Å². The Balaban J connectivity index is 1.64. The number of nitrogens with one attached hydrogen (secondary N) is 5. The highest BCUT2D eigenvalue weighted by atomic mass is 32.2. The number of hydrogen-bond acceptors (Lipinski definition) is 14. The molecule has 0 fully saturated rings. The van der Waals surface area contributed by atoms with E-state index >= 15 is 4.79 Å². The molecule has 540 valence electrons. The van der Waals surface area contributed by atoms with Crippen LogP contribution >= 0.6 is 11.8 Å². The summed E-state index contributed by atoms with van der Waals surface area (Å²) in [6.07, 6.45) is 12.0. The Kier molecular flexibility index (Phi) is 37.7. The topological polar surface area (TPSA) is 316 Å². The van der Waals surface area contributed by atoms with E-state index in [1.165, 1.54) is 23.9 Å². The van der Waals surface area contributed by atoms with Crippen LogP contribution in [0.25, 0.3) is 10.9 Å². The average molecular weight is 1370 g/mol. The summed E-state index contributed by atoms with van der Waals surface area (Å²) < 4.78 is 0. The van der Waals surface area contributed by atoms with Gasteiger partial charge in [0.2, 0.25) is 23.6 Å². The maximum Gasteiger partial charge on any atom is 0.224 e. The number of hydrogen-bond donors (Lipinski definition) is 7. The van der Waals surface area contributed by atoms with Gasteiger partial charge in [-0.05, 0) is 123 Å². The number of para-hydroxylation sites is 1. The molecule has 0 saturated carbocycles. The Morgan fingerprint density at radius 3 is 1.63 bits per heavy atom. The number of benzene rings is 3. The molecular weight excluding hydrogens is 1260 g/mol. The van der Waals surface area contributed by atoms with Gasteiger partial charge in [0.05, 0.1) is 30.0 Å². The van der Waals surface area contributed by atoms with Gasteiger partial charge in [-0.1, -0.05) is 174 Å². The number of aromatic amines is 1. The maximum absolute atomic E-state index is 15.0. The number of aliphatic carboxylic acids is 1. The van der Waals surface area contributed by atoms with Crippen LogP contribution in [0.5, 0.6) is 5.75 Å². The summed E-state index contributed by atoms with van der Waals surface area (Å²) in [5.41, 5.74) is 8.76. The SMILES string of the molecule is CCCCC[C@@H](CC(=O)[C@H](CCCCC)NC(=O)[C@@H](CC(=O)[C@H](CCSC)NC(=O)[C@@H](CC(=O)[C@@H](NC(=O)[C@@H](CC(=O)[C@H](Cc1ccccc1)NC(=O)[C@H](CCCN=C(C)N)CC(=O)[C@@H](C)CCCCC)Cc1ccc(O)cc1)C(C)C)C(C)C)Cc1c[nH]c2ccccc12)C(=O)[O-]. The molecule has 3 aromatic carbocycles. The second-order valence-corrected chi connectivity index (χ2v) is 28.7. The number of nitrogens with zero attached hydrogens (tertiary/aromatic N) is 1. The van der Waals surface area contributed by atoms with E-state index in [9.17, 15) is 53.4 Å². The number of phenols is 1. The molecule has 0 unspecified atom stereocenters. The molecule has 19 nitrogen and oxygen atoms in total. The smallest absolute Gasteiger partial charge is 0.224 e. The molecule has 98 heavy (non-hydrogen) atoms. The lowest BCUT2D eigenvalue weighted by atomic mass is 9.84.